The van der Waals surface area contributed by atoms with Gasteiger partial charge in [0.05, 0.1) is 6.04 Å². The second-order valence-electron chi connectivity index (χ2n) is 6.81. The maximum atomic E-state index is 12.8. The lowest BCUT2D eigenvalue weighted by Gasteiger charge is -2.29. The topological polar surface area (TPSA) is 59.1 Å². The molecule has 0 bridgehead atoms. The van der Waals surface area contributed by atoms with Crippen LogP contribution in [0, 0.1) is 0 Å². The molecule has 6 heteroatoms. The zero-order valence-electron chi connectivity index (χ0n) is 15.6. The van der Waals surface area contributed by atoms with Crippen LogP contribution in [0.3, 0.4) is 0 Å². The van der Waals surface area contributed by atoms with Crippen LogP contribution in [0.4, 0.5) is 0 Å². The molecular weight excluding hydrogens is 332 g/mol. The quantitative estimate of drug-likeness (QED) is 0.759. The molecule has 0 aliphatic carbocycles. The molecular formula is C20H24N2O4. The van der Waals surface area contributed by atoms with Gasteiger partial charge in [0.2, 0.25) is 6.79 Å². The Hall–Kier alpha value is -2.76. The van der Waals surface area contributed by atoms with Crippen molar-refractivity contribution in [3.63, 3.8) is 0 Å². The van der Waals surface area contributed by atoms with Crippen LogP contribution >= 0.6 is 0 Å². The minimum atomic E-state index is -0.581. The van der Waals surface area contributed by atoms with Crippen molar-refractivity contribution in [2.45, 2.75) is 39.3 Å². The average Bonchev–Trinajstić information content (AvgIpc) is 3.13. The first kappa shape index (κ1) is 18.0. The van der Waals surface area contributed by atoms with E-state index in [1.54, 1.807) is 32.2 Å². The number of hydrogen-bond acceptors (Lipinski definition) is 5. The number of amides is 1. The monoisotopic (exact) mass is 356 g/mol. The van der Waals surface area contributed by atoms with Crippen molar-refractivity contribution in [2.24, 2.45) is 0 Å². The molecule has 26 heavy (non-hydrogen) atoms. The molecule has 0 aromatic heterocycles. The van der Waals surface area contributed by atoms with Crippen LogP contribution in [0.1, 0.15) is 37.6 Å². The third kappa shape index (κ3) is 3.45. The molecule has 1 atom stereocenters. The molecule has 0 spiro atoms. The van der Waals surface area contributed by atoms with Crippen molar-refractivity contribution in [3.05, 3.63) is 47.8 Å². The van der Waals surface area contributed by atoms with Crippen LogP contribution in [-0.4, -0.2) is 47.4 Å². The van der Waals surface area contributed by atoms with E-state index < -0.39 is 6.04 Å². The van der Waals surface area contributed by atoms with Gasteiger partial charge in [-0.1, -0.05) is 6.08 Å². The number of nitrogens with zero attached hydrogens (tertiary/aromatic N) is 2. The summed E-state index contributed by atoms with van der Waals surface area (Å²) in [5.41, 5.74) is 1.18. The van der Waals surface area contributed by atoms with Gasteiger partial charge in [-0.3, -0.25) is 9.59 Å². The molecule has 2 heterocycles. The van der Waals surface area contributed by atoms with Gasteiger partial charge in [0.25, 0.3) is 5.91 Å². The summed E-state index contributed by atoms with van der Waals surface area (Å²) in [4.78, 5) is 29.1. The number of fused-ring (bicyclic) bond motifs is 1. The predicted octanol–water partition coefficient (Wildman–Crippen LogP) is 2.96. The molecule has 6 nitrogen and oxygen atoms in total. The van der Waals surface area contributed by atoms with E-state index in [9.17, 15) is 9.59 Å². The van der Waals surface area contributed by atoms with Gasteiger partial charge in [-0.25, -0.2) is 0 Å². The second-order valence-corrected chi connectivity index (χ2v) is 6.81. The maximum absolute atomic E-state index is 12.8. The minimum absolute atomic E-state index is 0.133. The molecule has 2 aliphatic heterocycles. The van der Waals surface area contributed by atoms with E-state index in [1.165, 1.54) is 4.90 Å². The Balaban J connectivity index is 1.73. The zero-order valence-corrected chi connectivity index (χ0v) is 15.6. The lowest BCUT2D eigenvalue weighted by atomic mass is 10.0. The number of carbonyl (C=O) groups excluding carboxylic acids is 2. The Kier molecular flexibility index (Phi) is 5.02. The van der Waals surface area contributed by atoms with E-state index in [1.807, 2.05) is 23.4 Å². The standard InChI is InChI=1S/C20H24N2O4/c1-13(2)22-9-5-6-16(11-22)20(24)21(4)14(3)19(23)15-7-8-17-18(10-15)26-12-25-17/h5,7-11,13-14H,6,12H2,1-4H3. The largest absolute Gasteiger partial charge is 0.454 e. The Labute approximate surface area is 153 Å². The number of rotatable bonds is 5. The minimum Gasteiger partial charge on any atom is -0.454 e. The van der Waals surface area contributed by atoms with Crippen molar-refractivity contribution in [2.75, 3.05) is 13.8 Å². The van der Waals surface area contributed by atoms with E-state index in [0.717, 1.165) is 0 Å². The molecule has 1 unspecified atom stereocenters. The Morgan fingerprint density at radius 1 is 1.15 bits per heavy atom. The SMILES string of the molecule is CC(C)N1C=CCC(C(=O)N(C)C(C)C(=O)c2ccc3c(c2)OCO3)=C1. The first-order chi connectivity index (χ1) is 12.4. The van der Waals surface area contributed by atoms with Gasteiger partial charge < -0.3 is 19.3 Å². The highest BCUT2D eigenvalue weighted by Gasteiger charge is 2.27. The van der Waals surface area contributed by atoms with Gasteiger partial charge in [-0.05, 0) is 45.4 Å². The number of likely N-dealkylation sites (N-methyl/N-ethyl adjacent to an activating group) is 1. The zero-order chi connectivity index (χ0) is 18.8. The summed E-state index contributed by atoms with van der Waals surface area (Å²) in [6, 6.07) is 4.78. The van der Waals surface area contributed by atoms with Crippen molar-refractivity contribution in [1.29, 1.82) is 0 Å². The summed E-state index contributed by atoms with van der Waals surface area (Å²) in [7, 11) is 1.66. The van der Waals surface area contributed by atoms with Crippen molar-refractivity contribution < 1.29 is 19.1 Å². The molecule has 0 N–H and O–H groups in total. The number of allylic oxidation sites excluding steroid dienone is 1. The summed E-state index contributed by atoms with van der Waals surface area (Å²) in [5.74, 6) is 0.921. The first-order valence-electron chi connectivity index (χ1n) is 8.74. The fourth-order valence-corrected chi connectivity index (χ4v) is 2.91. The highest BCUT2D eigenvalue weighted by molar-refractivity contribution is 6.04. The van der Waals surface area contributed by atoms with Crippen LogP contribution in [0.15, 0.2) is 42.2 Å². The third-order valence-corrected chi connectivity index (χ3v) is 4.73. The molecule has 0 radical (unpaired) electrons. The number of Topliss-reactive ketones (excluding diaryl/α,β-unsaturated/α-hetero) is 1. The fraction of sp³-hybridized carbons (Fsp3) is 0.400. The number of ether oxygens (including phenoxy) is 2. The molecule has 3 rings (SSSR count). The van der Waals surface area contributed by atoms with Crippen LogP contribution in [0.2, 0.25) is 0 Å². The molecule has 1 aromatic carbocycles. The van der Waals surface area contributed by atoms with Crippen LogP contribution < -0.4 is 9.47 Å². The highest BCUT2D eigenvalue weighted by Crippen LogP contribution is 2.33. The van der Waals surface area contributed by atoms with Crippen molar-refractivity contribution in [1.82, 2.24) is 9.80 Å². The van der Waals surface area contributed by atoms with E-state index in [0.29, 0.717) is 29.1 Å². The molecule has 0 saturated carbocycles. The van der Waals surface area contributed by atoms with Gasteiger partial charge in [0.15, 0.2) is 17.3 Å². The van der Waals surface area contributed by atoms with E-state index in [-0.39, 0.29) is 24.5 Å². The van der Waals surface area contributed by atoms with Gasteiger partial charge in [0, 0.05) is 36.6 Å². The summed E-state index contributed by atoms with van der Waals surface area (Å²) < 4.78 is 10.6. The number of hydrogen-bond donors (Lipinski definition) is 0. The Bertz CT molecular complexity index is 782. The Morgan fingerprint density at radius 2 is 1.88 bits per heavy atom. The highest BCUT2D eigenvalue weighted by atomic mass is 16.7. The molecule has 2 aliphatic rings. The summed E-state index contributed by atoms with van der Waals surface area (Å²) in [6.45, 7) is 6.02. The predicted molar refractivity (Wildman–Crippen MR) is 97.9 cm³/mol. The van der Waals surface area contributed by atoms with Gasteiger partial charge in [-0.15, -0.1) is 0 Å². The molecule has 0 saturated heterocycles. The normalized spacial score (nSPS) is 16.5. The van der Waals surface area contributed by atoms with Crippen LogP contribution in [0.25, 0.3) is 0 Å². The van der Waals surface area contributed by atoms with Gasteiger partial charge >= 0.3 is 0 Å². The summed E-state index contributed by atoms with van der Waals surface area (Å²) in [6.07, 6.45) is 6.37. The maximum Gasteiger partial charge on any atom is 0.251 e. The van der Waals surface area contributed by atoms with Crippen LogP contribution in [0.5, 0.6) is 11.5 Å². The number of ketones is 1. The molecule has 0 fully saturated rings. The van der Waals surface area contributed by atoms with E-state index in [2.05, 4.69) is 13.8 Å². The third-order valence-electron chi connectivity index (χ3n) is 4.73. The summed E-state index contributed by atoms with van der Waals surface area (Å²) >= 11 is 0. The molecule has 138 valence electrons. The van der Waals surface area contributed by atoms with E-state index >= 15 is 0 Å². The van der Waals surface area contributed by atoms with Crippen molar-refractivity contribution in [3.8, 4) is 11.5 Å². The number of carbonyl (C=O) groups is 2. The lowest BCUT2D eigenvalue weighted by Crippen LogP contribution is -2.41. The number of benzene rings is 1. The first-order valence-corrected chi connectivity index (χ1v) is 8.74. The summed E-state index contributed by atoms with van der Waals surface area (Å²) in [5, 5.41) is 0. The van der Waals surface area contributed by atoms with E-state index in [4.69, 9.17) is 9.47 Å². The smallest absolute Gasteiger partial charge is 0.251 e. The fourth-order valence-electron chi connectivity index (χ4n) is 2.91. The Morgan fingerprint density at radius 3 is 2.62 bits per heavy atom. The average molecular weight is 356 g/mol. The molecule has 1 aromatic rings. The van der Waals surface area contributed by atoms with Crippen LogP contribution in [-0.2, 0) is 4.79 Å². The van der Waals surface area contributed by atoms with Crippen molar-refractivity contribution >= 4 is 11.7 Å². The van der Waals surface area contributed by atoms with Gasteiger partial charge in [0.1, 0.15) is 0 Å². The lowest BCUT2D eigenvalue weighted by molar-refractivity contribution is -0.127. The molecule has 1 amide bonds. The second kappa shape index (κ2) is 7.23. The van der Waals surface area contributed by atoms with Gasteiger partial charge in [-0.2, -0.15) is 0 Å².